The highest BCUT2D eigenvalue weighted by Crippen LogP contribution is 2.30. The minimum Gasteiger partial charge on any atom is -0.385 e. The topological polar surface area (TPSA) is 21.3 Å². The van der Waals surface area contributed by atoms with Crippen LogP contribution in [0, 0.1) is 11.7 Å². The smallest absolute Gasteiger partial charge is 0.123 e. The minimum absolute atomic E-state index is 0.134. The fourth-order valence-corrected chi connectivity index (χ4v) is 2.55. The van der Waals surface area contributed by atoms with E-state index in [-0.39, 0.29) is 11.9 Å². The van der Waals surface area contributed by atoms with Crippen LogP contribution in [0.15, 0.2) is 22.7 Å². The standard InChI is InChI=1S/C14H21BrFNO/c1-4-17-14(10(2)7-8-18-3)12-9-11(16)5-6-13(12)15/h5-6,9-10,14,17H,4,7-8H2,1-3H3. The van der Waals surface area contributed by atoms with Gasteiger partial charge in [-0.1, -0.05) is 29.8 Å². The Balaban J connectivity index is 2.92. The molecule has 0 aliphatic rings. The van der Waals surface area contributed by atoms with Gasteiger partial charge in [0.15, 0.2) is 0 Å². The number of hydrogen-bond donors (Lipinski definition) is 1. The lowest BCUT2D eigenvalue weighted by molar-refractivity contribution is 0.170. The molecule has 0 saturated carbocycles. The van der Waals surface area contributed by atoms with Crippen LogP contribution in [-0.2, 0) is 4.74 Å². The Kier molecular flexibility index (Phi) is 6.82. The predicted octanol–water partition coefficient (Wildman–Crippen LogP) is 3.91. The van der Waals surface area contributed by atoms with Crippen LogP contribution < -0.4 is 5.32 Å². The molecule has 0 aliphatic heterocycles. The van der Waals surface area contributed by atoms with Gasteiger partial charge in [0, 0.05) is 24.2 Å². The maximum atomic E-state index is 13.4. The maximum absolute atomic E-state index is 13.4. The number of nitrogens with one attached hydrogen (secondary N) is 1. The maximum Gasteiger partial charge on any atom is 0.123 e. The molecule has 0 amide bonds. The molecule has 0 radical (unpaired) electrons. The summed E-state index contributed by atoms with van der Waals surface area (Å²) in [6, 6.07) is 4.96. The lowest BCUT2D eigenvalue weighted by Gasteiger charge is -2.26. The highest BCUT2D eigenvalue weighted by molar-refractivity contribution is 9.10. The normalized spacial score (nSPS) is 14.5. The highest BCUT2D eigenvalue weighted by atomic mass is 79.9. The van der Waals surface area contributed by atoms with Crippen molar-refractivity contribution in [1.82, 2.24) is 5.32 Å². The van der Waals surface area contributed by atoms with Crippen molar-refractivity contribution in [2.75, 3.05) is 20.3 Å². The van der Waals surface area contributed by atoms with Crippen molar-refractivity contribution in [3.05, 3.63) is 34.1 Å². The summed E-state index contributed by atoms with van der Waals surface area (Å²) in [5.74, 6) is 0.179. The fraction of sp³-hybridized carbons (Fsp3) is 0.571. The average molecular weight is 318 g/mol. The fourth-order valence-electron chi connectivity index (χ4n) is 2.06. The first-order valence-electron chi connectivity index (χ1n) is 6.27. The first-order valence-corrected chi connectivity index (χ1v) is 7.06. The van der Waals surface area contributed by atoms with Crippen LogP contribution in [0.3, 0.4) is 0 Å². The largest absolute Gasteiger partial charge is 0.385 e. The number of rotatable bonds is 7. The Morgan fingerprint density at radius 1 is 1.44 bits per heavy atom. The molecule has 0 aromatic heterocycles. The van der Waals surface area contributed by atoms with Crippen molar-refractivity contribution in [2.45, 2.75) is 26.3 Å². The van der Waals surface area contributed by atoms with E-state index in [0.29, 0.717) is 5.92 Å². The molecule has 2 atom stereocenters. The van der Waals surface area contributed by atoms with Crippen molar-refractivity contribution in [3.8, 4) is 0 Å². The summed E-state index contributed by atoms with van der Waals surface area (Å²) in [5.41, 5.74) is 0.973. The molecule has 0 aliphatic carbocycles. The summed E-state index contributed by atoms with van der Waals surface area (Å²) in [5, 5.41) is 3.42. The van der Waals surface area contributed by atoms with Crippen LogP contribution in [0.1, 0.15) is 31.9 Å². The van der Waals surface area contributed by atoms with E-state index in [1.807, 2.05) is 0 Å². The Bertz CT molecular complexity index is 373. The van der Waals surface area contributed by atoms with E-state index < -0.39 is 0 Å². The zero-order valence-corrected chi connectivity index (χ0v) is 12.8. The molecule has 0 heterocycles. The monoisotopic (exact) mass is 317 g/mol. The van der Waals surface area contributed by atoms with Gasteiger partial charge in [0.2, 0.25) is 0 Å². The third-order valence-electron chi connectivity index (χ3n) is 3.06. The number of methoxy groups -OCH3 is 1. The van der Waals surface area contributed by atoms with E-state index in [4.69, 9.17) is 4.74 Å². The summed E-state index contributed by atoms with van der Waals surface area (Å²) >= 11 is 3.50. The summed E-state index contributed by atoms with van der Waals surface area (Å²) in [7, 11) is 1.70. The van der Waals surface area contributed by atoms with E-state index in [0.717, 1.165) is 29.6 Å². The van der Waals surface area contributed by atoms with E-state index in [2.05, 4.69) is 35.1 Å². The molecule has 2 unspecified atom stereocenters. The summed E-state index contributed by atoms with van der Waals surface area (Å²) in [6.45, 7) is 5.79. The lowest BCUT2D eigenvalue weighted by atomic mass is 9.92. The van der Waals surface area contributed by atoms with Crippen molar-refractivity contribution < 1.29 is 9.13 Å². The minimum atomic E-state index is -0.199. The second-order valence-electron chi connectivity index (χ2n) is 4.46. The van der Waals surface area contributed by atoms with Crippen molar-refractivity contribution in [2.24, 2.45) is 5.92 Å². The second kappa shape index (κ2) is 7.87. The van der Waals surface area contributed by atoms with Gasteiger partial charge in [0.1, 0.15) is 5.82 Å². The van der Waals surface area contributed by atoms with Gasteiger partial charge in [-0.2, -0.15) is 0 Å². The van der Waals surface area contributed by atoms with E-state index in [9.17, 15) is 4.39 Å². The Hall–Kier alpha value is -0.450. The van der Waals surface area contributed by atoms with Gasteiger partial charge in [-0.25, -0.2) is 4.39 Å². The molecular formula is C14H21BrFNO. The van der Waals surface area contributed by atoms with Gasteiger partial charge >= 0.3 is 0 Å². The molecule has 1 aromatic carbocycles. The quantitative estimate of drug-likeness (QED) is 0.823. The number of halogens is 2. The molecule has 0 bridgehead atoms. The van der Waals surface area contributed by atoms with Crippen molar-refractivity contribution in [3.63, 3.8) is 0 Å². The molecule has 18 heavy (non-hydrogen) atoms. The van der Waals surface area contributed by atoms with Gasteiger partial charge < -0.3 is 10.1 Å². The van der Waals surface area contributed by atoms with Gasteiger partial charge in [0.25, 0.3) is 0 Å². The van der Waals surface area contributed by atoms with Gasteiger partial charge in [-0.3, -0.25) is 0 Å². The molecule has 0 saturated heterocycles. The molecule has 1 aromatic rings. The lowest BCUT2D eigenvalue weighted by Crippen LogP contribution is -2.28. The molecule has 1 rings (SSSR count). The van der Waals surface area contributed by atoms with Crippen LogP contribution in [0.5, 0.6) is 0 Å². The molecule has 102 valence electrons. The van der Waals surface area contributed by atoms with Crippen LogP contribution in [0.25, 0.3) is 0 Å². The Labute approximate surface area is 117 Å². The molecular weight excluding hydrogens is 297 g/mol. The average Bonchev–Trinajstić information content (AvgIpc) is 2.36. The van der Waals surface area contributed by atoms with Gasteiger partial charge in [0.05, 0.1) is 0 Å². The summed E-state index contributed by atoms with van der Waals surface area (Å²) in [6.07, 6.45) is 0.942. The van der Waals surface area contributed by atoms with Crippen LogP contribution >= 0.6 is 15.9 Å². The third-order valence-corrected chi connectivity index (χ3v) is 3.79. The van der Waals surface area contributed by atoms with E-state index in [1.54, 1.807) is 19.2 Å². The van der Waals surface area contributed by atoms with Crippen molar-refractivity contribution in [1.29, 1.82) is 0 Å². The second-order valence-corrected chi connectivity index (χ2v) is 5.31. The zero-order valence-electron chi connectivity index (χ0n) is 11.2. The highest BCUT2D eigenvalue weighted by Gasteiger charge is 2.20. The van der Waals surface area contributed by atoms with Crippen LogP contribution in [0.2, 0.25) is 0 Å². The van der Waals surface area contributed by atoms with Crippen molar-refractivity contribution >= 4 is 15.9 Å². The number of hydrogen-bond acceptors (Lipinski definition) is 2. The first-order chi connectivity index (χ1) is 8.60. The van der Waals surface area contributed by atoms with Crippen LogP contribution in [-0.4, -0.2) is 20.3 Å². The molecule has 2 nitrogen and oxygen atoms in total. The molecule has 4 heteroatoms. The SMILES string of the molecule is CCNC(c1cc(F)ccc1Br)C(C)CCOC. The Morgan fingerprint density at radius 3 is 2.78 bits per heavy atom. The molecule has 0 fully saturated rings. The zero-order chi connectivity index (χ0) is 13.5. The third kappa shape index (κ3) is 4.34. The van der Waals surface area contributed by atoms with E-state index >= 15 is 0 Å². The molecule has 0 spiro atoms. The summed E-state index contributed by atoms with van der Waals surface area (Å²) in [4.78, 5) is 0. The number of benzene rings is 1. The van der Waals surface area contributed by atoms with Gasteiger partial charge in [-0.15, -0.1) is 0 Å². The molecule has 1 N–H and O–H groups in total. The summed E-state index contributed by atoms with van der Waals surface area (Å²) < 4.78 is 19.5. The predicted molar refractivity (Wildman–Crippen MR) is 76.2 cm³/mol. The first kappa shape index (κ1) is 15.6. The van der Waals surface area contributed by atoms with E-state index in [1.165, 1.54) is 6.07 Å². The number of ether oxygens (including phenoxy) is 1. The van der Waals surface area contributed by atoms with Gasteiger partial charge in [-0.05, 0) is 42.6 Å². The van der Waals surface area contributed by atoms with Crippen LogP contribution in [0.4, 0.5) is 4.39 Å². The Morgan fingerprint density at radius 2 is 2.17 bits per heavy atom.